The molecule has 12 heteroatoms. The Morgan fingerprint density at radius 1 is 1.17 bits per heavy atom. The first kappa shape index (κ1) is 28.2. The molecule has 2 saturated heterocycles. The number of aliphatic hydroxyl groups excluding tert-OH is 1. The molecular formula is C29H33FN8O3. The average Bonchev–Trinajstić information content (AvgIpc) is 2.98. The average molecular weight is 561 g/mol. The van der Waals surface area contributed by atoms with Crippen molar-refractivity contribution in [3.63, 3.8) is 0 Å². The van der Waals surface area contributed by atoms with Gasteiger partial charge in [0.2, 0.25) is 11.9 Å². The largest absolute Gasteiger partial charge is 0.486 e. The zero-order valence-electron chi connectivity index (χ0n) is 23.1. The molecule has 0 bridgehead atoms. The Kier molecular flexibility index (Phi) is 8.56. The number of aliphatic hydroxyl groups is 1. The monoisotopic (exact) mass is 560 g/mol. The molecule has 0 saturated carbocycles. The number of amides is 1. The number of hydrogen-bond acceptors (Lipinski definition) is 10. The Balaban J connectivity index is 1.25. The van der Waals surface area contributed by atoms with Gasteiger partial charge in [0.05, 0.1) is 12.1 Å². The normalized spacial score (nSPS) is 21.3. The topological polar surface area (TPSA) is 131 Å². The van der Waals surface area contributed by atoms with Crippen LogP contribution in [0.15, 0.2) is 48.8 Å². The second-order valence-corrected chi connectivity index (χ2v) is 10.4. The van der Waals surface area contributed by atoms with Gasteiger partial charge in [0.1, 0.15) is 30.9 Å². The van der Waals surface area contributed by atoms with Crippen molar-refractivity contribution in [2.75, 3.05) is 56.6 Å². The van der Waals surface area contributed by atoms with Gasteiger partial charge in [0.25, 0.3) is 0 Å². The summed E-state index contributed by atoms with van der Waals surface area (Å²) in [6.07, 6.45) is -0.607. The fourth-order valence-corrected chi connectivity index (χ4v) is 5.25. The number of alkyl halides is 1. The second-order valence-electron chi connectivity index (χ2n) is 10.4. The van der Waals surface area contributed by atoms with Gasteiger partial charge in [-0.05, 0) is 56.4 Å². The van der Waals surface area contributed by atoms with Crippen molar-refractivity contribution in [1.82, 2.24) is 24.8 Å². The fraction of sp³-hybridized carbons (Fsp3) is 0.414. The molecule has 2 N–H and O–H groups in total. The number of carbonyl (C=O) groups excluding carboxylic acids is 1. The first-order valence-electron chi connectivity index (χ1n) is 13.6. The van der Waals surface area contributed by atoms with E-state index < -0.39 is 24.8 Å². The van der Waals surface area contributed by atoms with Crippen LogP contribution < -0.4 is 15.0 Å². The zero-order valence-corrected chi connectivity index (χ0v) is 23.1. The number of nitrogens with zero attached hydrogens (tertiary/aromatic N) is 7. The lowest BCUT2D eigenvalue weighted by Gasteiger charge is -2.39. The molecule has 2 aromatic carbocycles. The van der Waals surface area contributed by atoms with Crippen molar-refractivity contribution < 1.29 is 19.0 Å². The molecule has 0 radical (unpaired) electrons. The summed E-state index contributed by atoms with van der Waals surface area (Å²) in [4.78, 5) is 30.7. The maximum absolute atomic E-state index is 14.7. The molecule has 3 aromatic rings. The lowest BCUT2D eigenvalue weighted by Crippen LogP contribution is -2.50. The third-order valence-electron chi connectivity index (χ3n) is 7.46. The number of likely N-dealkylation sites (N-methyl/N-ethyl adjacent to an activating group) is 1. The van der Waals surface area contributed by atoms with Crippen LogP contribution in [0, 0.1) is 11.3 Å². The summed E-state index contributed by atoms with van der Waals surface area (Å²) in [6.45, 7) is 4.71. The molecule has 41 heavy (non-hydrogen) atoms. The number of ether oxygens (including phenoxy) is 1. The van der Waals surface area contributed by atoms with Crippen LogP contribution in [0.1, 0.15) is 18.9 Å². The Morgan fingerprint density at radius 2 is 1.98 bits per heavy atom. The zero-order chi connectivity index (χ0) is 28.9. The minimum atomic E-state index is -1.44. The standard InChI is InChI=1S/C29H33FN8O3/c1-19-15-36(2)11-12-38(19)23-6-4-22(5-7-23)34-29-33-18-32-28(35-29)20-3-8-25(21(13-20)14-31)41-26-9-10-37(16-24(26)30)27(40)17-39/h3-8,13,18-19,24,26,39H,9-12,15-17H2,1-2H3,(H,32,33,34,35)/t19?,24?,26-/m0/s1. The summed E-state index contributed by atoms with van der Waals surface area (Å²) in [6, 6.07) is 15.6. The predicted molar refractivity (Wildman–Crippen MR) is 152 cm³/mol. The summed E-state index contributed by atoms with van der Waals surface area (Å²) in [7, 11) is 2.14. The number of piperazine rings is 1. The molecule has 11 nitrogen and oxygen atoms in total. The van der Waals surface area contributed by atoms with E-state index in [1.165, 1.54) is 16.9 Å². The molecule has 3 atom stereocenters. The van der Waals surface area contributed by atoms with Crippen molar-refractivity contribution >= 4 is 23.2 Å². The van der Waals surface area contributed by atoms with Crippen molar-refractivity contribution in [1.29, 1.82) is 5.26 Å². The molecule has 214 valence electrons. The maximum atomic E-state index is 14.7. The fourth-order valence-electron chi connectivity index (χ4n) is 5.25. The number of piperidine rings is 1. The minimum Gasteiger partial charge on any atom is -0.486 e. The van der Waals surface area contributed by atoms with E-state index in [9.17, 15) is 14.4 Å². The molecule has 0 aliphatic carbocycles. The first-order chi connectivity index (χ1) is 19.8. The summed E-state index contributed by atoms with van der Waals surface area (Å²) in [5, 5.41) is 22.0. The van der Waals surface area contributed by atoms with E-state index in [4.69, 9.17) is 9.84 Å². The lowest BCUT2D eigenvalue weighted by atomic mass is 10.0. The van der Waals surface area contributed by atoms with Crippen LogP contribution >= 0.6 is 0 Å². The Hall–Kier alpha value is -4.34. The van der Waals surface area contributed by atoms with Crippen LogP contribution in [0.3, 0.4) is 0 Å². The summed E-state index contributed by atoms with van der Waals surface area (Å²) >= 11 is 0. The van der Waals surface area contributed by atoms with Crippen LogP contribution in [0.25, 0.3) is 11.4 Å². The van der Waals surface area contributed by atoms with Crippen molar-refractivity contribution in [3.05, 3.63) is 54.4 Å². The Bertz CT molecular complexity index is 1420. The molecule has 2 aliphatic rings. The van der Waals surface area contributed by atoms with E-state index in [0.29, 0.717) is 23.4 Å². The van der Waals surface area contributed by atoms with Crippen molar-refractivity contribution in [2.24, 2.45) is 0 Å². The summed E-state index contributed by atoms with van der Waals surface area (Å²) in [5.74, 6) is 0.455. The molecule has 2 aliphatic heterocycles. The number of likely N-dealkylation sites (tertiary alicyclic amines) is 1. The van der Waals surface area contributed by atoms with Crippen LogP contribution in [0.4, 0.5) is 21.7 Å². The lowest BCUT2D eigenvalue weighted by molar-refractivity contribution is -0.138. The van der Waals surface area contributed by atoms with E-state index >= 15 is 0 Å². The molecule has 0 spiro atoms. The number of hydrogen-bond donors (Lipinski definition) is 2. The van der Waals surface area contributed by atoms with Gasteiger partial charge in [-0.2, -0.15) is 10.2 Å². The quantitative estimate of drug-likeness (QED) is 0.445. The smallest absolute Gasteiger partial charge is 0.248 e. The van der Waals surface area contributed by atoms with E-state index in [1.807, 2.05) is 12.1 Å². The van der Waals surface area contributed by atoms with Gasteiger partial charge in [-0.15, -0.1) is 0 Å². The Labute approximate surface area is 238 Å². The maximum Gasteiger partial charge on any atom is 0.248 e. The third kappa shape index (κ3) is 6.53. The van der Waals surface area contributed by atoms with Crippen molar-refractivity contribution in [2.45, 2.75) is 31.7 Å². The highest BCUT2D eigenvalue weighted by molar-refractivity contribution is 5.77. The van der Waals surface area contributed by atoms with Crippen molar-refractivity contribution in [3.8, 4) is 23.2 Å². The number of nitrogens with one attached hydrogen (secondary N) is 1. The molecule has 1 amide bonds. The summed E-state index contributed by atoms with van der Waals surface area (Å²) < 4.78 is 20.6. The molecule has 3 heterocycles. The molecule has 2 fully saturated rings. The van der Waals surface area contributed by atoms with Gasteiger partial charge in [-0.1, -0.05) is 0 Å². The second kappa shape index (κ2) is 12.4. The summed E-state index contributed by atoms with van der Waals surface area (Å²) in [5.41, 5.74) is 2.80. The molecular weight excluding hydrogens is 527 g/mol. The van der Waals surface area contributed by atoms with Gasteiger partial charge >= 0.3 is 0 Å². The number of nitriles is 1. The van der Waals surface area contributed by atoms with E-state index in [1.54, 1.807) is 18.2 Å². The van der Waals surface area contributed by atoms with Gasteiger partial charge in [0, 0.05) is 55.6 Å². The van der Waals surface area contributed by atoms with Crippen LogP contribution in [-0.4, -0.2) is 100 Å². The minimum absolute atomic E-state index is 0.164. The van der Waals surface area contributed by atoms with E-state index in [-0.39, 0.29) is 30.8 Å². The van der Waals surface area contributed by atoms with Crippen LogP contribution in [0.5, 0.6) is 5.75 Å². The highest BCUT2D eigenvalue weighted by Gasteiger charge is 2.33. The van der Waals surface area contributed by atoms with Gasteiger partial charge in [-0.3, -0.25) is 4.79 Å². The van der Waals surface area contributed by atoms with E-state index in [0.717, 1.165) is 25.3 Å². The molecule has 1 aromatic heterocycles. The number of anilines is 3. The molecule has 2 unspecified atom stereocenters. The predicted octanol–water partition coefficient (Wildman–Crippen LogP) is 2.60. The van der Waals surface area contributed by atoms with Gasteiger partial charge in [0.15, 0.2) is 12.0 Å². The Morgan fingerprint density at radius 3 is 2.68 bits per heavy atom. The first-order valence-corrected chi connectivity index (χ1v) is 13.6. The number of rotatable bonds is 7. The highest BCUT2D eigenvalue weighted by atomic mass is 19.1. The number of aromatic nitrogens is 3. The third-order valence-corrected chi connectivity index (χ3v) is 7.46. The SMILES string of the molecule is CC1CN(C)CCN1c1ccc(Nc2ncnc(-c3ccc(O[C@H]4CCN(C(=O)CO)CC4F)c(C#N)c3)n2)cc1. The number of halogens is 1. The number of benzene rings is 2. The van der Waals surface area contributed by atoms with Gasteiger partial charge in [-0.25, -0.2) is 14.4 Å². The molecule has 5 rings (SSSR count). The number of carbonyl (C=O) groups is 1. The van der Waals surface area contributed by atoms with E-state index in [2.05, 4.69) is 62.2 Å². The highest BCUT2D eigenvalue weighted by Crippen LogP contribution is 2.29. The van der Waals surface area contributed by atoms with Gasteiger partial charge < -0.3 is 29.9 Å². The van der Waals surface area contributed by atoms with Crippen LogP contribution in [-0.2, 0) is 4.79 Å². The van der Waals surface area contributed by atoms with Crippen LogP contribution in [0.2, 0.25) is 0 Å².